The van der Waals surface area contributed by atoms with Crippen LogP contribution in [0.1, 0.15) is 50.4 Å². The van der Waals surface area contributed by atoms with E-state index in [0.29, 0.717) is 16.8 Å². The van der Waals surface area contributed by atoms with Crippen LogP contribution in [0.3, 0.4) is 0 Å². The fourth-order valence-electron chi connectivity index (χ4n) is 3.96. The van der Waals surface area contributed by atoms with Crippen molar-refractivity contribution in [3.8, 4) is 0 Å². The van der Waals surface area contributed by atoms with Gasteiger partial charge in [-0.15, -0.1) is 0 Å². The van der Waals surface area contributed by atoms with Crippen LogP contribution in [0.5, 0.6) is 0 Å². The molecule has 0 fully saturated rings. The van der Waals surface area contributed by atoms with Crippen molar-refractivity contribution in [2.45, 2.75) is 25.8 Å². The van der Waals surface area contributed by atoms with Crippen LogP contribution in [0.4, 0.5) is 5.69 Å². The van der Waals surface area contributed by atoms with E-state index in [1.165, 1.54) is 5.56 Å². The minimum atomic E-state index is -0.232. The van der Waals surface area contributed by atoms with E-state index in [9.17, 15) is 9.59 Å². The summed E-state index contributed by atoms with van der Waals surface area (Å²) in [6, 6.07) is 34.6. The number of rotatable bonds is 8. The summed E-state index contributed by atoms with van der Waals surface area (Å²) in [5.74, 6) is -0.454. The van der Waals surface area contributed by atoms with Gasteiger partial charge in [0, 0.05) is 5.56 Å². The Morgan fingerprint density at radius 3 is 1.97 bits per heavy atom. The minimum absolute atomic E-state index is 0.156. The van der Waals surface area contributed by atoms with Gasteiger partial charge in [-0.2, -0.15) is 0 Å². The van der Waals surface area contributed by atoms with Crippen LogP contribution in [0.25, 0.3) is 0 Å². The van der Waals surface area contributed by atoms with Crippen molar-refractivity contribution in [2.24, 2.45) is 0 Å². The summed E-state index contributed by atoms with van der Waals surface area (Å²) in [4.78, 5) is 26.3. The summed E-state index contributed by atoms with van der Waals surface area (Å²) in [6.07, 6.45) is 1.60. The van der Waals surface area contributed by atoms with E-state index in [-0.39, 0.29) is 17.9 Å². The van der Waals surface area contributed by atoms with Crippen LogP contribution in [-0.4, -0.2) is 11.8 Å². The highest BCUT2D eigenvalue weighted by Gasteiger charge is 2.18. The lowest BCUT2D eigenvalue weighted by molar-refractivity contribution is 0.0940. The molecule has 4 aromatic carbocycles. The molecule has 0 aromatic heterocycles. The molecule has 0 aliphatic rings. The summed E-state index contributed by atoms with van der Waals surface area (Å²) in [5.41, 5.74) is 4.76. The number of carbonyl (C=O) groups is 2. The quantitative estimate of drug-likeness (QED) is 0.336. The molecule has 1 unspecified atom stereocenters. The molecule has 0 saturated carbocycles. The molecule has 2 N–H and O–H groups in total. The Hall–Kier alpha value is -4.18. The third-order valence-electron chi connectivity index (χ3n) is 5.85. The molecular weight excluding hydrogens is 420 g/mol. The molecule has 0 spiro atoms. The van der Waals surface area contributed by atoms with E-state index in [2.05, 4.69) is 22.8 Å². The second-order valence-corrected chi connectivity index (χ2v) is 8.25. The maximum absolute atomic E-state index is 13.2. The van der Waals surface area contributed by atoms with Gasteiger partial charge in [0.2, 0.25) is 0 Å². The standard InChI is InChI=1S/C30H28N2O2/c1-22(24-14-6-3-7-15-24)31-30(34)27-18-10-11-19-28(27)32-29(33)26-17-9-8-16-25(26)21-20-23-12-4-2-5-13-23/h2-19,22H,20-21H2,1H3,(H,31,34)(H,32,33). The summed E-state index contributed by atoms with van der Waals surface area (Å²) < 4.78 is 0. The van der Waals surface area contributed by atoms with E-state index in [1.807, 2.05) is 85.8 Å². The molecule has 4 heteroatoms. The van der Waals surface area contributed by atoms with E-state index in [4.69, 9.17) is 0 Å². The Morgan fingerprint density at radius 1 is 0.647 bits per heavy atom. The number of para-hydroxylation sites is 1. The van der Waals surface area contributed by atoms with Crippen LogP contribution in [-0.2, 0) is 12.8 Å². The smallest absolute Gasteiger partial charge is 0.255 e. The highest BCUT2D eigenvalue weighted by Crippen LogP contribution is 2.20. The molecule has 2 amide bonds. The Kier molecular flexibility index (Phi) is 7.51. The van der Waals surface area contributed by atoms with E-state index in [0.717, 1.165) is 24.0 Å². The lowest BCUT2D eigenvalue weighted by Crippen LogP contribution is -2.28. The maximum atomic E-state index is 13.2. The van der Waals surface area contributed by atoms with Gasteiger partial charge in [0.15, 0.2) is 0 Å². The van der Waals surface area contributed by atoms with Crippen LogP contribution < -0.4 is 10.6 Å². The molecule has 0 bridgehead atoms. The third kappa shape index (κ3) is 5.78. The highest BCUT2D eigenvalue weighted by atomic mass is 16.2. The molecule has 4 aromatic rings. The van der Waals surface area contributed by atoms with Crippen LogP contribution in [0.2, 0.25) is 0 Å². The lowest BCUT2D eigenvalue weighted by Gasteiger charge is -2.17. The predicted octanol–water partition coefficient (Wildman–Crippen LogP) is 6.22. The van der Waals surface area contributed by atoms with Crippen molar-refractivity contribution in [2.75, 3.05) is 5.32 Å². The third-order valence-corrected chi connectivity index (χ3v) is 5.85. The highest BCUT2D eigenvalue weighted by molar-refractivity contribution is 6.09. The number of aryl methyl sites for hydroxylation is 2. The van der Waals surface area contributed by atoms with Crippen molar-refractivity contribution in [3.63, 3.8) is 0 Å². The number of benzene rings is 4. The number of anilines is 1. The largest absolute Gasteiger partial charge is 0.345 e. The monoisotopic (exact) mass is 448 g/mol. The van der Waals surface area contributed by atoms with Gasteiger partial charge >= 0.3 is 0 Å². The normalized spacial score (nSPS) is 11.4. The second-order valence-electron chi connectivity index (χ2n) is 8.25. The van der Waals surface area contributed by atoms with E-state index in [1.54, 1.807) is 18.2 Å². The maximum Gasteiger partial charge on any atom is 0.255 e. The molecular formula is C30H28N2O2. The molecule has 170 valence electrons. The lowest BCUT2D eigenvalue weighted by atomic mass is 9.99. The van der Waals surface area contributed by atoms with Gasteiger partial charge in [-0.25, -0.2) is 0 Å². The average molecular weight is 449 g/mol. The average Bonchev–Trinajstić information content (AvgIpc) is 2.89. The summed E-state index contributed by atoms with van der Waals surface area (Å²) >= 11 is 0. The van der Waals surface area contributed by atoms with Gasteiger partial charge in [-0.1, -0.05) is 91.0 Å². The number of carbonyl (C=O) groups excluding carboxylic acids is 2. The SMILES string of the molecule is CC(NC(=O)c1ccccc1NC(=O)c1ccccc1CCc1ccccc1)c1ccccc1. The van der Waals surface area contributed by atoms with E-state index >= 15 is 0 Å². The Labute approximate surface area is 200 Å². The second kappa shape index (κ2) is 11.1. The first-order chi connectivity index (χ1) is 16.6. The summed E-state index contributed by atoms with van der Waals surface area (Å²) in [6.45, 7) is 1.94. The molecule has 0 aliphatic heterocycles. The zero-order chi connectivity index (χ0) is 23.8. The van der Waals surface area contributed by atoms with Crippen molar-refractivity contribution in [1.82, 2.24) is 5.32 Å². The van der Waals surface area contributed by atoms with Gasteiger partial charge in [0.1, 0.15) is 0 Å². The molecule has 0 heterocycles. The van der Waals surface area contributed by atoms with Crippen molar-refractivity contribution < 1.29 is 9.59 Å². The van der Waals surface area contributed by atoms with E-state index < -0.39 is 0 Å². The fraction of sp³-hybridized carbons (Fsp3) is 0.133. The molecule has 0 saturated heterocycles. The first-order valence-corrected chi connectivity index (χ1v) is 11.5. The first-order valence-electron chi connectivity index (χ1n) is 11.5. The Balaban J connectivity index is 1.48. The first kappa shape index (κ1) is 23.0. The summed E-state index contributed by atoms with van der Waals surface area (Å²) in [7, 11) is 0. The molecule has 0 radical (unpaired) electrons. The number of nitrogens with one attached hydrogen (secondary N) is 2. The number of hydrogen-bond donors (Lipinski definition) is 2. The number of amides is 2. The van der Waals surface area contributed by atoms with Crippen LogP contribution >= 0.6 is 0 Å². The topological polar surface area (TPSA) is 58.2 Å². The predicted molar refractivity (Wildman–Crippen MR) is 137 cm³/mol. The van der Waals surface area contributed by atoms with Gasteiger partial charge in [0.05, 0.1) is 17.3 Å². The Morgan fingerprint density at radius 2 is 1.24 bits per heavy atom. The van der Waals surface area contributed by atoms with Crippen LogP contribution in [0.15, 0.2) is 109 Å². The molecule has 1 atom stereocenters. The molecule has 4 rings (SSSR count). The fourth-order valence-corrected chi connectivity index (χ4v) is 3.96. The molecule has 34 heavy (non-hydrogen) atoms. The van der Waals surface area contributed by atoms with Gasteiger partial charge in [0.25, 0.3) is 11.8 Å². The van der Waals surface area contributed by atoms with Crippen molar-refractivity contribution in [1.29, 1.82) is 0 Å². The molecule has 4 nitrogen and oxygen atoms in total. The van der Waals surface area contributed by atoms with Gasteiger partial charge < -0.3 is 10.6 Å². The zero-order valence-corrected chi connectivity index (χ0v) is 19.2. The number of hydrogen-bond acceptors (Lipinski definition) is 2. The van der Waals surface area contributed by atoms with Crippen molar-refractivity contribution in [3.05, 3.63) is 137 Å². The van der Waals surface area contributed by atoms with Gasteiger partial charge in [-0.05, 0) is 54.7 Å². The minimum Gasteiger partial charge on any atom is -0.345 e. The molecule has 0 aliphatic carbocycles. The zero-order valence-electron chi connectivity index (χ0n) is 19.2. The van der Waals surface area contributed by atoms with Crippen molar-refractivity contribution >= 4 is 17.5 Å². The van der Waals surface area contributed by atoms with Crippen LogP contribution in [0, 0.1) is 0 Å². The Bertz CT molecular complexity index is 1250. The van der Waals surface area contributed by atoms with Gasteiger partial charge in [-0.3, -0.25) is 9.59 Å². The summed E-state index contributed by atoms with van der Waals surface area (Å²) in [5, 5.41) is 5.99.